The van der Waals surface area contributed by atoms with Crippen LogP contribution in [0, 0.1) is 5.41 Å². The lowest BCUT2D eigenvalue weighted by Crippen LogP contribution is -2.23. The van der Waals surface area contributed by atoms with Crippen molar-refractivity contribution in [2.24, 2.45) is 5.41 Å². The molecule has 2 atom stereocenters. The lowest BCUT2D eigenvalue weighted by Gasteiger charge is -2.32. The molecule has 1 nitrogen and oxygen atoms in total. The second-order valence-electron chi connectivity index (χ2n) is 4.31. The third-order valence-electron chi connectivity index (χ3n) is 3.02. The van der Waals surface area contributed by atoms with Gasteiger partial charge in [-0.05, 0) is 12.0 Å². The maximum Gasteiger partial charge on any atom is 0.0881 e. The fourth-order valence-corrected chi connectivity index (χ4v) is 1.96. The zero-order valence-electron chi connectivity index (χ0n) is 8.93. The molecule has 0 amide bonds. The Morgan fingerprint density at radius 3 is 2.53 bits per heavy atom. The summed E-state index contributed by atoms with van der Waals surface area (Å²) in [6.45, 7) is 2.09. The average Bonchev–Trinajstić information content (AvgIpc) is 2.30. The van der Waals surface area contributed by atoms with E-state index in [0.29, 0.717) is 0 Å². The summed E-state index contributed by atoms with van der Waals surface area (Å²) in [6, 6.07) is 9.84. The highest BCUT2D eigenvalue weighted by Crippen LogP contribution is 2.39. The van der Waals surface area contributed by atoms with Gasteiger partial charge < -0.3 is 5.11 Å². The lowest BCUT2D eigenvalue weighted by molar-refractivity contribution is 0.0709. The van der Waals surface area contributed by atoms with Crippen LogP contribution in [0.4, 0.5) is 0 Å². The van der Waals surface area contributed by atoms with Crippen LogP contribution >= 0.6 is 0 Å². The van der Waals surface area contributed by atoms with Gasteiger partial charge >= 0.3 is 0 Å². The second-order valence-corrected chi connectivity index (χ2v) is 4.31. The fraction of sp³-hybridized carbons (Fsp3) is 0.286. The molecule has 0 saturated carbocycles. The Morgan fingerprint density at radius 1 is 1.20 bits per heavy atom. The Hall–Kier alpha value is -1.34. The summed E-state index contributed by atoms with van der Waals surface area (Å²) in [5.74, 6) is 0. The predicted octanol–water partition coefficient (Wildman–Crippen LogP) is 3.24. The molecule has 1 aromatic carbocycles. The zero-order chi connectivity index (χ0) is 10.7. The summed E-state index contributed by atoms with van der Waals surface area (Å²) in [5, 5.41) is 10.3. The highest BCUT2D eigenvalue weighted by Gasteiger charge is 2.30. The number of aliphatic hydroxyl groups excluding tert-OH is 1. The zero-order valence-corrected chi connectivity index (χ0v) is 8.93. The molecular weight excluding hydrogens is 184 g/mol. The minimum atomic E-state index is -0.431. The molecule has 0 spiro atoms. The van der Waals surface area contributed by atoms with Crippen molar-refractivity contribution in [1.82, 2.24) is 0 Å². The van der Waals surface area contributed by atoms with Crippen LogP contribution in [-0.2, 0) is 0 Å². The first kappa shape index (κ1) is 10.2. The van der Waals surface area contributed by atoms with Gasteiger partial charge in [0.25, 0.3) is 0 Å². The Morgan fingerprint density at radius 2 is 1.93 bits per heavy atom. The summed E-state index contributed by atoms with van der Waals surface area (Å²) < 4.78 is 0. The van der Waals surface area contributed by atoms with Crippen molar-refractivity contribution >= 4 is 0 Å². The molecule has 0 radical (unpaired) electrons. The van der Waals surface area contributed by atoms with Gasteiger partial charge in [-0.3, -0.25) is 0 Å². The highest BCUT2D eigenvalue weighted by molar-refractivity contribution is 5.25. The number of aliphatic hydroxyl groups is 1. The smallest absolute Gasteiger partial charge is 0.0881 e. The summed E-state index contributed by atoms with van der Waals surface area (Å²) in [6.07, 6.45) is 8.69. The van der Waals surface area contributed by atoms with Gasteiger partial charge in [-0.1, -0.05) is 61.6 Å². The molecule has 15 heavy (non-hydrogen) atoms. The first-order valence-corrected chi connectivity index (χ1v) is 5.30. The Bertz CT molecular complexity index is 378. The van der Waals surface area contributed by atoms with Crippen molar-refractivity contribution in [1.29, 1.82) is 0 Å². The van der Waals surface area contributed by atoms with Crippen LogP contribution in [0.15, 0.2) is 54.6 Å². The number of benzene rings is 1. The van der Waals surface area contributed by atoms with Gasteiger partial charge in [-0.15, -0.1) is 0 Å². The quantitative estimate of drug-likeness (QED) is 0.777. The number of rotatable bonds is 2. The molecule has 1 heteroatoms. The van der Waals surface area contributed by atoms with Crippen molar-refractivity contribution in [2.75, 3.05) is 0 Å². The first-order valence-electron chi connectivity index (χ1n) is 5.30. The van der Waals surface area contributed by atoms with E-state index in [-0.39, 0.29) is 5.41 Å². The third-order valence-corrected chi connectivity index (χ3v) is 3.02. The molecular formula is C14H16O. The molecule has 1 aromatic rings. The van der Waals surface area contributed by atoms with Gasteiger partial charge in [-0.2, -0.15) is 0 Å². The largest absolute Gasteiger partial charge is 0.388 e. The van der Waals surface area contributed by atoms with Gasteiger partial charge in [0.1, 0.15) is 0 Å². The number of allylic oxidation sites excluding steroid dienone is 3. The summed E-state index contributed by atoms with van der Waals surface area (Å²) in [7, 11) is 0. The molecule has 2 rings (SSSR count). The van der Waals surface area contributed by atoms with Crippen LogP contribution < -0.4 is 0 Å². The van der Waals surface area contributed by atoms with E-state index in [4.69, 9.17) is 0 Å². The van der Waals surface area contributed by atoms with E-state index in [2.05, 4.69) is 19.1 Å². The molecule has 1 aliphatic carbocycles. The first-order chi connectivity index (χ1) is 7.22. The van der Waals surface area contributed by atoms with Crippen molar-refractivity contribution < 1.29 is 5.11 Å². The van der Waals surface area contributed by atoms with Gasteiger partial charge in [-0.25, -0.2) is 0 Å². The van der Waals surface area contributed by atoms with E-state index >= 15 is 0 Å². The van der Waals surface area contributed by atoms with Crippen LogP contribution in [0.25, 0.3) is 0 Å². The third kappa shape index (κ3) is 2.02. The van der Waals surface area contributed by atoms with Crippen molar-refractivity contribution in [2.45, 2.75) is 19.4 Å². The Labute approximate surface area is 90.8 Å². The van der Waals surface area contributed by atoms with Gasteiger partial charge in [0.15, 0.2) is 0 Å². The normalized spacial score (nSPS) is 26.5. The Balaban J connectivity index is 2.24. The van der Waals surface area contributed by atoms with Crippen LogP contribution in [0.1, 0.15) is 25.0 Å². The SMILES string of the molecule is C[C@@]1([C@@H](O)c2ccccc2)C=CC=CC1. The number of hydrogen-bond acceptors (Lipinski definition) is 1. The summed E-state index contributed by atoms with van der Waals surface area (Å²) in [5.41, 5.74) is 0.816. The lowest BCUT2D eigenvalue weighted by atomic mass is 9.76. The number of hydrogen-bond donors (Lipinski definition) is 1. The van der Waals surface area contributed by atoms with Crippen LogP contribution in [0.3, 0.4) is 0 Å². The van der Waals surface area contributed by atoms with E-state index in [1.54, 1.807) is 0 Å². The predicted molar refractivity (Wildman–Crippen MR) is 62.4 cm³/mol. The molecule has 0 fully saturated rings. The molecule has 0 aromatic heterocycles. The molecule has 1 aliphatic rings. The molecule has 0 aliphatic heterocycles. The van der Waals surface area contributed by atoms with Crippen molar-refractivity contribution in [3.8, 4) is 0 Å². The molecule has 1 N–H and O–H groups in total. The van der Waals surface area contributed by atoms with Crippen molar-refractivity contribution in [3.63, 3.8) is 0 Å². The standard InChI is InChI=1S/C14H16O/c1-14(10-6-3-7-11-14)13(15)12-8-4-2-5-9-12/h2-10,13,15H,11H2,1H3/t13-,14+/m0/s1. The molecule has 0 saturated heterocycles. The molecule has 78 valence electrons. The van der Waals surface area contributed by atoms with E-state index in [1.165, 1.54) is 0 Å². The summed E-state index contributed by atoms with van der Waals surface area (Å²) >= 11 is 0. The van der Waals surface area contributed by atoms with Gasteiger partial charge in [0.05, 0.1) is 6.10 Å². The van der Waals surface area contributed by atoms with E-state index < -0.39 is 6.10 Å². The Kier molecular flexibility index (Phi) is 2.74. The summed E-state index contributed by atoms with van der Waals surface area (Å²) in [4.78, 5) is 0. The maximum atomic E-state index is 10.3. The fourth-order valence-electron chi connectivity index (χ4n) is 1.96. The molecule has 0 unspecified atom stereocenters. The van der Waals surface area contributed by atoms with Gasteiger partial charge in [0.2, 0.25) is 0 Å². The second kappa shape index (κ2) is 4.03. The van der Waals surface area contributed by atoms with Crippen molar-refractivity contribution in [3.05, 3.63) is 60.2 Å². The topological polar surface area (TPSA) is 20.2 Å². The average molecular weight is 200 g/mol. The molecule has 0 bridgehead atoms. The van der Waals surface area contributed by atoms with Crippen LogP contribution in [0.5, 0.6) is 0 Å². The van der Waals surface area contributed by atoms with E-state index in [0.717, 1.165) is 12.0 Å². The monoisotopic (exact) mass is 200 g/mol. The highest BCUT2D eigenvalue weighted by atomic mass is 16.3. The minimum Gasteiger partial charge on any atom is -0.388 e. The van der Waals surface area contributed by atoms with Crippen LogP contribution in [-0.4, -0.2) is 5.11 Å². The maximum absolute atomic E-state index is 10.3. The molecule has 0 heterocycles. The van der Waals surface area contributed by atoms with Gasteiger partial charge in [0, 0.05) is 5.41 Å². The van der Waals surface area contributed by atoms with E-state index in [9.17, 15) is 5.11 Å². The minimum absolute atomic E-state index is 0.171. The van der Waals surface area contributed by atoms with Crippen LogP contribution in [0.2, 0.25) is 0 Å². The van der Waals surface area contributed by atoms with E-state index in [1.807, 2.05) is 42.5 Å².